The zero-order chi connectivity index (χ0) is 23.9. The molecule has 2 heterocycles. The van der Waals surface area contributed by atoms with Crippen LogP contribution in [0.15, 0.2) is 19.7 Å². The summed E-state index contributed by atoms with van der Waals surface area (Å²) in [7, 11) is 0. The molecule has 0 saturated heterocycles. The molecular formula is C26H31NO6. The standard InChI is InChI=1S/C26H31NO6/c1-5-13(2)22(25(29)30)27-21(28)11-10-16-14(3)18-12-19-17-8-6-7-9-20(17)32-24(19)15(4)23(18)33-26(16)31/h12-13,22H,5-11H2,1-4H3,(H,27,28)(H,29,30)/t13-,22+/m1/s1. The quantitative estimate of drug-likeness (QED) is 0.507. The Morgan fingerprint density at radius 2 is 1.79 bits per heavy atom. The summed E-state index contributed by atoms with van der Waals surface area (Å²) in [5.74, 6) is -0.606. The van der Waals surface area contributed by atoms with E-state index < -0.39 is 23.5 Å². The fraction of sp³-hybridized carbons (Fsp3) is 0.500. The van der Waals surface area contributed by atoms with E-state index in [1.807, 2.05) is 20.8 Å². The molecule has 0 bridgehead atoms. The van der Waals surface area contributed by atoms with Crippen LogP contribution in [0.5, 0.6) is 0 Å². The highest BCUT2D eigenvalue weighted by atomic mass is 16.4. The van der Waals surface area contributed by atoms with Crippen molar-refractivity contribution in [2.45, 2.75) is 78.7 Å². The van der Waals surface area contributed by atoms with Gasteiger partial charge in [0.05, 0.1) is 0 Å². The number of nitrogens with one attached hydrogen (secondary N) is 1. The van der Waals surface area contributed by atoms with Gasteiger partial charge in [0.1, 0.15) is 23.0 Å². The average Bonchev–Trinajstić information content (AvgIpc) is 3.16. The van der Waals surface area contributed by atoms with Gasteiger partial charge >= 0.3 is 11.6 Å². The Labute approximate surface area is 192 Å². The highest BCUT2D eigenvalue weighted by molar-refractivity contribution is 6.00. The number of carbonyl (C=O) groups excluding carboxylic acids is 1. The maximum atomic E-state index is 12.8. The van der Waals surface area contributed by atoms with Crippen molar-refractivity contribution in [1.29, 1.82) is 0 Å². The Kier molecular flexibility index (Phi) is 6.32. The van der Waals surface area contributed by atoms with Gasteiger partial charge in [0, 0.05) is 40.3 Å². The highest BCUT2D eigenvalue weighted by Crippen LogP contribution is 2.38. The van der Waals surface area contributed by atoms with Crippen molar-refractivity contribution in [2.24, 2.45) is 5.92 Å². The summed E-state index contributed by atoms with van der Waals surface area (Å²) in [4.78, 5) is 36.8. The zero-order valence-electron chi connectivity index (χ0n) is 19.7. The molecule has 1 amide bonds. The third kappa shape index (κ3) is 4.16. The molecule has 0 spiro atoms. The van der Waals surface area contributed by atoms with Gasteiger partial charge in [-0.3, -0.25) is 4.79 Å². The van der Waals surface area contributed by atoms with Crippen LogP contribution in [0.25, 0.3) is 21.9 Å². The molecule has 3 aromatic rings. The van der Waals surface area contributed by atoms with E-state index in [2.05, 4.69) is 11.4 Å². The van der Waals surface area contributed by atoms with Crippen LogP contribution in [0.1, 0.15) is 67.5 Å². The largest absolute Gasteiger partial charge is 0.480 e. The van der Waals surface area contributed by atoms with Gasteiger partial charge in [-0.2, -0.15) is 0 Å². The molecule has 7 nitrogen and oxygen atoms in total. The minimum Gasteiger partial charge on any atom is -0.480 e. The van der Waals surface area contributed by atoms with E-state index in [1.54, 1.807) is 6.92 Å². The summed E-state index contributed by atoms with van der Waals surface area (Å²) in [6.07, 6.45) is 4.99. The molecule has 0 unspecified atom stereocenters. The fourth-order valence-electron chi connectivity index (χ4n) is 4.87. The predicted octanol–water partition coefficient (Wildman–Crippen LogP) is 4.58. The van der Waals surface area contributed by atoms with Gasteiger partial charge < -0.3 is 19.3 Å². The zero-order valence-corrected chi connectivity index (χ0v) is 19.7. The highest BCUT2D eigenvalue weighted by Gasteiger charge is 2.26. The van der Waals surface area contributed by atoms with Crippen LogP contribution in [0, 0.1) is 19.8 Å². The second kappa shape index (κ2) is 9.04. The van der Waals surface area contributed by atoms with Crippen LogP contribution >= 0.6 is 0 Å². The van der Waals surface area contributed by atoms with E-state index in [9.17, 15) is 19.5 Å². The monoisotopic (exact) mass is 453 g/mol. The number of aliphatic carboxylic acids is 1. The van der Waals surface area contributed by atoms with E-state index in [-0.39, 0.29) is 18.8 Å². The second-order valence-electron chi connectivity index (χ2n) is 9.23. The molecule has 1 aliphatic rings. The summed E-state index contributed by atoms with van der Waals surface area (Å²) in [5, 5.41) is 13.9. The third-order valence-corrected chi connectivity index (χ3v) is 7.12. The number of fused-ring (bicyclic) bond motifs is 4. The first kappa shape index (κ1) is 23.1. The van der Waals surface area contributed by atoms with Crippen LogP contribution in [-0.4, -0.2) is 23.0 Å². The van der Waals surface area contributed by atoms with Crippen molar-refractivity contribution in [2.75, 3.05) is 0 Å². The molecule has 0 radical (unpaired) electrons. The summed E-state index contributed by atoms with van der Waals surface area (Å²) in [6, 6.07) is 1.11. The lowest BCUT2D eigenvalue weighted by Gasteiger charge is -2.20. The number of rotatable bonds is 7. The first-order valence-corrected chi connectivity index (χ1v) is 11.7. The molecule has 2 N–H and O–H groups in total. The lowest BCUT2D eigenvalue weighted by atomic mass is 9.93. The van der Waals surface area contributed by atoms with Crippen LogP contribution in [-0.2, 0) is 28.9 Å². The van der Waals surface area contributed by atoms with E-state index in [4.69, 9.17) is 8.83 Å². The first-order valence-electron chi connectivity index (χ1n) is 11.7. The van der Waals surface area contributed by atoms with Crippen molar-refractivity contribution in [3.05, 3.63) is 44.5 Å². The van der Waals surface area contributed by atoms with E-state index in [0.29, 0.717) is 17.6 Å². The number of hydrogen-bond acceptors (Lipinski definition) is 5. The molecule has 0 fully saturated rings. The Bertz CT molecular complexity index is 1300. The number of benzene rings is 1. The van der Waals surface area contributed by atoms with Crippen LogP contribution < -0.4 is 10.9 Å². The van der Waals surface area contributed by atoms with E-state index in [0.717, 1.165) is 58.9 Å². The van der Waals surface area contributed by atoms with Crippen molar-refractivity contribution in [1.82, 2.24) is 5.32 Å². The normalized spacial score (nSPS) is 15.4. The van der Waals surface area contributed by atoms with Gasteiger partial charge in [-0.1, -0.05) is 20.3 Å². The minimum absolute atomic E-state index is 0.0135. The number of amides is 1. The topological polar surface area (TPSA) is 110 Å². The lowest BCUT2D eigenvalue weighted by Crippen LogP contribution is -2.45. The maximum absolute atomic E-state index is 12.8. The Morgan fingerprint density at radius 1 is 1.09 bits per heavy atom. The van der Waals surface area contributed by atoms with Crippen molar-refractivity contribution in [3.8, 4) is 0 Å². The molecule has 2 aromatic heterocycles. The van der Waals surface area contributed by atoms with Crippen LogP contribution in [0.4, 0.5) is 0 Å². The third-order valence-electron chi connectivity index (χ3n) is 7.12. The first-order chi connectivity index (χ1) is 15.7. The number of carbonyl (C=O) groups is 2. The van der Waals surface area contributed by atoms with Crippen molar-refractivity contribution in [3.63, 3.8) is 0 Å². The molecule has 33 heavy (non-hydrogen) atoms. The fourth-order valence-corrected chi connectivity index (χ4v) is 4.87. The number of aryl methyl sites for hydroxylation is 4. The summed E-state index contributed by atoms with van der Waals surface area (Å²) < 4.78 is 11.9. The lowest BCUT2D eigenvalue weighted by molar-refractivity contribution is -0.143. The SMILES string of the molecule is CC[C@@H](C)[C@H](NC(=O)CCc1c(C)c2cc3c4c(oc3c(C)c2oc1=O)CCCC4)C(=O)O. The van der Waals surface area contributed by atoms with Crippen LogP contribution in [0.2, 0.25) is 0 Å². The second-order valence-corrected chi connectivity index (χ2v) is 9.23. The molecule has 1 aromatic carbocycles. The maximum Gasteiger partial charge on any atom is 0.339 e. The smallest absolute Gasteiger partial charge is 0.339 e. The van der Waals surface area contributed by atoms with Gasteiger partial charge in [-0.15, -0.1) is 0 Å². The molecule has 2 atom stereocenters. The molecule has 7 heteroatoms. The molecule has 4 rings (SSSR count). The number of furan rings is 1. The molecule has 0 aliphatic heterocycles. The molecule has 176 valence electrons. The van der Waals surface area contributed by atoms with Gasteiger partial charge in [0.25, 0.3) is 0 Å². The van der Waals surface area contributed by atoms with Gasteiger partial charge in [0.15, 0.2) is 0 Å². The number of carboxylic acid groups (broad SMARTS) is 1. The molecule has 0 saturated carbocycles. The number of carboxylic acids is 1. The molecule has 1 aliphatic carbocycles. The summed E-state index contributed by atoms with van der Waals surface area (Å²) in [6.45, 7) is 7.46. The minimum atomic E-state index is -1.05. The average molecular weight is 454 g/mol. The van der Waals surface area contributed by atoms with Crippen molar-refractivity contribution < 1.29 is 23.5 Å². The molecular weight excluding hydrogens is 422 g/mol. The van der Waals surface area contributed by atoms with E-state index >= 15 is 0 Å². The summed E-state index contributed by atoms with van der Waals surface area (Å²) >= 11 is 0. The Morgan fingerprint density at radius 3 is 2.48 bits per heavy atom. The Hall–Kier alpha value is -3.09. The predicted molar refractivity (Wildman–Crippen MR) is 126 cm³/mol. The van der Waals surface area contributed by atoms with Gasteiger partial charge in [-0.05, 0) is 57.1 Å². The Balaban J connectivity index is 1.66. The number of hydrogen-bond donors (Lipinski definition) is 2. The van der Waals surface area contributed by atoms with E-state index in [1.165, 1.54) is 5.56 Å². The van der Waals surface area contributed by atoms with Gasteiger partial charge in [-0.25, -0.2) is 9.59 Å². The van der Waals surface area contributed by atoms with Crippen LogP contribution in [0.3, 0.4) is 0 Å². The summed E-state index contributed by atoms with van der Waals surface area (Å²) in [5.41, 5.74) is 4.15. The van der Waals surface area contributed by atoms with Crippen molar-refractivity contribution >= 4 is 33.8 Å². The van der Waals surface area contributed by atoms with Gasteiger partial charge in [0.2, 0.25) is 5.91 Å².